The zero-order chi connectivity index (χ0) is 15.5. The normalized spacial score (nSPS) is 17.0. The van der Waals surface area contributed by atoms with Crippen molar-refractivity contribution in [1.29, 1.82) is 0 Å². The van der Waals surface area contributed by atoms with E-state index in [1.807, 2.05) is 29.2 Å². The summed E-state index contributed by atoms with van der Waals surface area (Å²) in [6.45, 7) is 9.30. The van der Waals surface area contributed by atoms with Crippen LogP contribution < -0.4 is 5.73 Å². The highest BCUT2D eigenvalue weighted by atomic mass is 16.2. The molecule has 0 atom stereocenters. The summed E-state index contributed by atoms with van der Waals surface area (Å²) in [5.41, 5.74) is 7.89. The Balaban J connectivity index is 1.95. The maximum absolute atomic E-state index is 12.5. The van der Waals surface area contributed by atoms with Crippen molar-refractivity contribution >= 4 is 5.91 Å². The second-order valence-electron chi connectivity index (χ2n) is 7.17. The number of nitrogens with two attached hydrogens (primary N) is 1. The van der Waals surface area contributed by atoms with Gasteiger partial charge in [0.2, 0.25) is 0 Å². The molecule has 0 aromatic heterocycles. The maximum atomic E-state index is 12.5. The molecule has 1 heterocycles. The standard InChI is InChI=1S/C18H28N2O/c1-18(2,3)16-9-12-20(13-10-16)17(21)15-6-4-14(5-7-15)8-11-19/h4-7,16H,8-13,19H2,1-3H3. The van der Waals surface area contributed by atoms with Gasteiger partial charge in [0.1, 0.15) is 0 Å². The Morgan fingerprint density at radius 2 is 1.76 bits per heavy atom. The Labute approximate surface area is 128 Å². The van der Waals surface area contributed by atoms with E-state index in [0.717, 1.165) is 37.9 Å². The molecule has 0 radical (unpaired) electrons. The summed E-state index contributed by atoms with van der Waals surface area (Å²) < 4.78 is 0. The molecule has 1 aromatic rings. The van der Waals surface area contributed by atoms with Crippen molar-refractivity contribution in [3.05, 3.63) is 35.4 Å². The lowest BCUT2D eigenvalue weighted by Gasteiger charge is -2.38. The maximum Gasteiger partial charge on any atom is 0.253 e. The topological polar surface area (TPSA) is 46.3 Å². The number of hydrogen-bond donors (Lipinski definition) is 1. The first-order chi connectivity index (χ1) is 9.91. The third-order valence-electron chi connectivity index (χ3n) is 4.64. The molecule has 1 amide bonds. The van der Waals surface area contributed by atoms with Crippen molar-refractivity contribution in [3.8, 4) is 0 Å². The zero-order valence-electron chi connectivity index (χ0n) is 13.6. The fourth-order valence-corrected chi connectivity index (χ4v) is 3.11. The molecule has 0 unspecified atom stereocenters. The summed E-state index contributed by atoms with van der Waals surface area (Å²) in [7, 11) is 0. The molecule has 1 aliphatic heterocycles. The lowest BCUT2D eigenvalue weighted by atomic mass is 9.75. The number of benzene rings is 1. The Morgan fingerprint density at radius 1 is 1.19 bits per heavy atom. The van der Waals surface area contributed by atoms with Gasteiger partial charge in [-0.1, -0.05) is 32.9 Å². The van der Waals surface area contributed by atoms with Crippen LogP contribution in [0.3, 0.4) is 0 Å². The molecule has 1 fully saturated rings. The van der Waals surface area contributed by atoms with Crippen molar-refractivity contribution in [2.24, 2.45) is 17.1 Å². The predicted molar refractivity (Wildman–Crippen MR) is 87.3 cm³/mol. The van der Waals surface area contributed by atoms with Gasteiger partial charge in [-0.05, 0) is 54.8 Å². The molecule has 3 heteroatoms. The first-order valence-corrected chi connectivity index (χ1v) is 8.00. The van der Waals surface area contributed by atoms with Crippen LogP contribution in [0, 0.1) is 11.3 Å². The van der Waals surface area contributed by atoms with Crippen LogP contribution in [0.1, 0.15) is 49.5 Å². The fraction of sp³-hybridized carbons (Fsp3) is 0.611. The third kappa shape index (κ3) is 4.07. The summed E-state index contributed by atoms with van der Waals surface area (Å²) in [6.07, 6.45) is 3.09. The lowest BCUT2D eigenvalue weighted by Crippen LogP contribution is -2.41. The number of likely N-dealkylation sites (tertiary alicyclic amines) is 1. The van der Waals surface area contributed by atoms with E-state index in [1.54, 1.807) is 0 Å². The molecule has 2 rings (SSSR count). The molecule has 1 aliphatic rings. The van der Waals surface area contributed by atoms with E-state index in [-0.39, 0.29) is 5.91 Å². The Bertz CT molecular complexity index is 465. The highest BCUT2D eigenvalue weighted by Crippen LogP contribution is 2.34. The predicted octanol–water partition coefficient (Wildman–Crippen LogP) is 3.09. The summed E-state index contributed by atoms with van der Waals surface area (Å²) in [4.78, 5) is 14.5. The summed E-state index contributed by atoms with van der Waals surface area (Å²) in [6, 6.07) is 7.90. The molecular weight excluding hydrogens is 260 g/mol. The largest absolute Gasteiger partial charge is 0.339 e. The van der Waals surface area contributed by atoms with Gasteiger partial charge < -0.3 is 10.6 Å². The highest BCUT2D eigenvalue weighted by Gasteiger charge is 2.30. The molecule has 116 valence electrons. The number of piperidine rings is 1. The molecule has 21 heavy (non-hydrogen) atoms. The van der Waals surface area contributed by atoms with Crippen LogP contribution in [0.4, 0.5) is 0 Å². The van der Waals surface area contributed by atoms with Crippen LogP contribution in [0.2, 0.25) is 0 Å². The van der Waals surface area contributed by atoms with Crippen LogP contribution in [0.25, 0.3) is 0 Å². The number of carbonyl (C=O) groups excluding carboxylic acids is 1. The van der Waals surface area contributed by atoms with Crippen molar-refractivity contribution in [2.45, 2.75) is 40.0 Å². The van der Waals surface area contributed by atoms with Gasteiger partial charge in [0.25, 0.3) is 5.91 Å². The Morgan fingerprint density at radius 3 is 2.24 bits per heavy atom. The van der Waals surface area contributed by atoms with Gasteiger partial charge in [0.05, 0.1) is 0 Å². The SMILES string of the molecule is CC(C)(C)C1CCN(C(=O)c2ccc(CCN)cc2)CC1. The zero-order valence-corrected chi connectivity index (χ0v) is 13.6. The summed E-state index contributed by atoms with van der Waals surface area (Å²) >= 11 is 0. The van der Waals surface area contributed by atoms with E-state index in [2.05, 4.69) is 20.8 Å². The summed E-state index contributed by atoms with van der Waals surface area (Å²) in [5, 5.41) is 0. The monoisotopic (exact) mass is 288 g/mol. The molecule has 2 N–H and O–H groups in total. The van der Waals surface area contributed by atoms with Crippen LogP contribution in [-0.2, 0) is 6.42 Å². The molecule has 0 bridgehead atoms. The average Bonchev–Trinajstić information content (AvgIpc) is 2.47. The number of amides is 1. The quantitative estimate of drug-likeness (QED) is 0.929. The molecule has 1 aromatic carbocycles. The minimum atomic E-state index is 0.168. The van der Waals surface area contributed by atoms with Crippen molar-refractivity contribution < 1.29 is 4.79 Å². The second kappa shape index (κ2) is 6.61. The number of carbonyl (C=O) groups is 1. The van der Waals surface area contributed by atoms with Gasteiger partial charge in [-0.2, -0.15) is 0 Å². The smallest absolute Gasteiger partial charge is 0.253 e. The van der Waals surface area contributed by atoms with Gasteiger partial charge in [-0.15, -0.1) is 0 Å². The Hall–Kier alpha value is -1.35. The molecule has 3 nitrogen and oxygen atoms in total. The van der Waals surface area contributed by atoms with Crippen LogP contribution >= 0.6 is 0 Å². The van der Waals surface area contributed by atoms with E-state index in [9.17, 15) is 4.79 Å². The molecular formula is C18H28N2O. The number of nitrogens with zero attached hydrogens (tertiary/aromatic N) is 1. The van der Waals surface area contributed by atoms with Crippen molar-refractivity contribution in [1.82, 2.24) is 4.90 Å². The van der Waals surface area contributed by atoms with E-state index >= 15 is 0 Å². The van der Waals surface area contributed by atoms with Crippen LogP contribution in [0.15, 0.2) is 24.3 Å². The highest BCUT2D eigenvalue weighted by molar-refractivity contribution is 5.94. The van der Waals surface area contributed by atoms with Crippen molar-refractivity contribution in [2.75, 3.05) is 19.6 Å². The Kier molecular flexibility index (Phi) is 5.04. The van der Waals surface area contributed by atoms with Gasteiger partial charge in [0.15, 0.2) is 0 Å². The van der Waals surface area contributed by atoms with E-state index in [4.69, 9.17) is 5.73 Å². The second-order valence-corrected chi connectivity index (χ2v) is 7.17. The van der Waals surface area contributed by atoms with Crippen LogP contribution in [-0.4, -0.2) is 30.4 Å². The van der Waals surface area contributed by atoms with Gasteiger partial charge in [-0.25, -0.2) is 0 Å². The van der Waals surface area contributed by atoms with Gasteiger partial charge >= 0.3 is 0 Å². The van der Waals surface area contributed by atoms with Gasteiger partial charge in [0, 0.05) is 18.7 Å². The molecule has 1 saturated heterocycles. The summed E-state index contributed by atoms with van der Waals surface area (Å²) in [5.74, 6) is 0.884. The molecule has 0 saturated carbocycles. The van der Waals surface area contributed by atoms with Gasteiger partial charge in [-0.3, -0.25) is 4.79 Å². The van der Waals surface area contributed by atoms with Crippen molar-refractivity contribution in [3.63, 3.8) is 0 Å². The fourth-order valence-electron chi connectivity index (χ4n) is 3.11. The van der Waals surface area contributed by atoms with E-state index < -0.39 is 0 Å². The van der Waals surface area contributed by atoms with E-state index in [1.165, 1.54) is 5.56 Å². The lowest BCUT2D eigenvalue weighted by molar-refractivity contribution is 0.0608. The first-order valence-electron chi connectivity index (χ1n) is 8.00. The average molecular weight is 288 g/mol. The third-order valence-corrected chi connectivity index (χ3v) is 4.64. The van der Waals surface area contributed by atoms with E-state index in [0.29, 0.717) is 17.9 Å². The van der Waals surface area contributed by atoms with Crippen LogP contribution in [0.5, 0.6) is 0 Å². The minimum Gasteiger partial charge on any atom is -0.339 e. The molecule has 0 spiro atoms. The minimum absolute atomic E-state index is 0.168. The number of rotatable bonds is 3. The first kappa shape index (κ1) is 16.0. The number of hydrogen-bond acceptors (Lipinski definition) is 2. The molecule has 0 aliphatic carbocycles.